The standard InChI is InChI=1S/C15H30N2O/c1-14(2,3)16-12-15(6-4-5-7-15)13-17-8-10-18-11-9-17/h16H,4-13H2,1-3H3. The summed E-state index contributed by atoms with van der Waals surface area (Å²) < 4.78 is 5.45. The maximum absolute atomic E-state index is 5.45. The molecule has 0 aromatic heterocycles. The highest BCUT2D eigenvalue weighted by Crippen LogP contribution is 2.38. The third-order valence-electron chi connectivity index (χ3n) is 4.32. The van der Waals surface area contributed by atoms with E-state index in [0.29, 0.717) is 5.41 Å². The van der Waals surface area contributed by atoms with Crippen molar-refractivity contribution in [2.45, 2.75) is 52.0 Å². The normalized spacial score (nSPS) is 25.5. The van der Waals surface area contributed by atoms with E-state index in [0.717, 1.165) is 26.3 Å². The van der Waals surface area contributed by atoms with Gasteiger partial charge in [0, 0.05) is 31.7 Å². The van der Waals surface area contributed by atoms with Gasteiger partial charge in [0.2, 0.25) is 0 Å². The van der Waals surface area contributed by atoms with Crippen LogP contribution in [0.3, 0.4) is 0 Å². The number of nitrogens with zero attached hydrogens (tertiary/aromatic N) is 1. The van der Waals surface area contributed by atoms with E-state index >= 15 is 0 Å². The first-order valence-corrected chi connectivity index (χ1v) is 7.54. The molecule has 1 saturated heterocycles. The molecule has 1 aliphatic carbocycles. The van der Waals surface area contributed by atoms with Crippen LogP contribution >= 0.6 is 0 Å². The van der Waals surface area contributed by atoms with Gasteiger partial charge < -0.3 is 10.1 Å². The van der Waals surface area contributed by atoms with Crippen molar-refractivity contribution in [3.05, 3.63) is 0 Å². The average molecular weight is 254 g/mol. The number of morpholine rings is 1. The molecule has 3 heteroatoms. The van der Waals surface area contributed by atoms with Gasteiger partial charge in [-0.25, -0.2) is 0 Å². The molecular weight excluding hydrogens is 224 g/mol. The second-order valence-electron chi connectivity index (χ2n) is 7.20. The minimum Gasteiger partial charge on any atom is -0.379 e. The molecule has 1 saturated carbocycles. The van der Waals surface area contributed by atoms with Crippen molar-refractivity contribution in [2.24, 2.45) is 5.41 Å². The maximum atomic E-state index is 5.45. The maximum Gasteiger partial charge on any atom is 0.0594 e. The van der Waals surface area contributed by atoms with Crippen LogP contribution in [-0.4, -0.2) is 49.8 Å². The molecule has 18 heavy (non-hydrogen) atoms. The summed E-state index contributed by atoms with van der Waals surface area (Å²) >= 11 is 0. The third-order valence-corrected chi connectivity index (χ3v) is 4.32. The Balaban J connectivity index is 1.89. The zero-order chi connectivity index (χ0) is 13.1. The number of ether oxygens (including phenoxy) is 1. The molecule has 1 heterocycles. The van der Waals surface area contributed by atoms with Gasteiger partial charge in [0.1, 0.15) is 0 Å². The van der Waals surface area contributed by atoms with E-state index in [4.69, 9.17) is 4.74 Å². The number of rotatable bonds is 4. The van der Waals surface area contributed by atoms with Crippen LogP contribution < -0.4 is 5.32 Å². The summed E-state index contributed by atoms with van der Waals surface area (Å²) in [4.78, 5) is 2.61. The zero-order valence-corrected chi connectivity index (χ0v) is 12.4. The van der Waals surface area contributed by atoms with Gasteiger partial charge in [-0.2, -0.15) is 0 Å². The summed E-state index contributed by atoms with van der Waals surface area (Å²) in [5.74, 6) is 0. The summed E-state index contributed by atoms with van der Waals surface area (Å²) in [6.45, 7) is 13.3. The van der Waals surface area contributed by atoms with Crippen LogP contribution in [0.5, 0.6) is 0 Å². The Morgan fingerprint density at radius 2 is 1.72 bits per heavy atom. The first-order chi connectivity index (χ1) is 8.49. The van der Waals surface area contributed by atoms with E-state index in [2.05, 4.69) is 31.0 Å². The van der Waals surface area contributed by atoms with Crippen molar-refractivity contribution in [3.63, 3.8) is 0 Å². The largest absolute Gasteiger partial charge is 0.379 e. The molecule has 2 aliphatic rings. The second-order valence-corrected chi connectivity index (χ2v) is 7.20. The van der Waals surface area contributed by atoms with Crippen molar-refractivity contribution in [3.8, 4) is 0 Å². The predicted molar refractivity (Wildman–Crippen MR) is 75.9 cm³/mol. The van der Waals surface area contributed by atoms with E-state index in [1.54, 1.807) is 0 Å². The van der Waals surface area contributed by atoms with E-state index in [1.807, 2.05) is 0 Å². The van der Waals surface area contributed by atoms with Gasteiger partial charge in [0.15, 0.2) is 0 Å². The Kier molecular flexibility index (Phi) is 4.68. The van der Waals surface area contributed by atoms with Crippen molar-refractivity contribution in [1.29, 1.82) is 0 Å². The van der Waals surface area contributed by atoms with Crippen molar-refractivity contribution in [1.82, 2.24) is 10.2 Å². The van der Waals surface area contributed by atoms with Gasteiger partial charge in [-0.15, -0.1) is 0 Å². The Hall–Kier alpha value is -0.120. The second kappa shape index (κ2) is 5.89. The lowest BCUT2D eigenvalue weighted by Gasteiger charge is -2.39. The van der Waals surface area contributed by atoms with Crippen LogP contribution in [0, 0.1) is 5.41 Å². The monoisotopic (exact) mass is 254 g/mol. The fraction of sp³-hybridized carbons (Fsp3) is 1.00. The van der Waals surface area contributed by atoms with Gasteiger partial charge in [0.25, 0.3) is 0 Å². The molecule has 0 bridgehead atoms. The third kappa shape index (κ3) is 4.22. The lowest BCUT2D eigenvalue weighted by molar-refractivity contribution is 0.0155. The summed E-state index contributed by atoms with van der Waals surface area (Å²) in [5.41, 5.74) is 0.755. The molecule has 2 rings (SSSR count). The van der Waals surface area contributed by atoms with Crippen molar-refractivity contribution >= 4 is 0 Å². The van der Waals surface area contributed by atoms with Crippen LogP contribution in [0.15, 0.2) is 0 Å². The Morgan fingerprint density at radius 3 is 2.28 bits per heavy atom. The number of hydrogen-bond acceptors (Lipinski definition) is 3. The average Bonchev–Trinajstić information content (AvgIpc) is 2.76. The molecule has 106 valence electrons. The molecule has 2 fully saturated rings. The smallest absolute Gasteiger partial charge is 0.0594 e. The summed E-state index contributed by atoms with van der Waals surface area (Å²) in [7, 11) is 0. The molecule has 0 aromatic carbocycles. The Bertz CT molecular complexity index is 248. The quantitative estimate of drug-likeness (QED) is 0.833. The molecule has 0 amide bonds. The summed E-state index contributed by atoms with van der Waals surface area (Å²) in [5, 5.41) is 3.74. The Labute approximate surface area is 112 Å². The number of hydrogen-bond donors (Lipinski definition) is 1. The SMILES string of the molecule is CC(C)(C)NCC1(CN2CCOCC2)CCCC1. The number of nitrogens with one attached hydrogen (secondary N) is 1. The van der Waals surface area contributed by atoms with Crippen molar-refractivity contribution in [2.75, 3.05) is 39.4 Å². The molecule has 3 nitrogen and oxygen atoms in total. The van der Waals surface area contributed by atoms with Crippen LogP contribution in [0.25, 0.3) is 0 Å². The Morgan fingerprint density at radius 1 is 1.11 bits per heavy atom. The topological polar surface area (TPSA) is 24.5 Å². The molecule has 1 N–H and O–H groups in total. The zero-order valence-electron chi connectivity index (χ0n) is 12.4. The lowest BCUT2D eigenvalue weighted by atomic mass is 9.84. The summed E-state index contributed by atoms with van der Waals surface area (Å²) in [6, 6.07) is 0. The molecule has 0 aromatic rings. The van der Waals surface area contributed by atoms with Crippen LogP contribution in [0.2, 0.25) is 0 Å². The van der Waals surface area contributed by atoms with E-state index in [-0.39, 0.29) is 5.54 Å². The fourth-order valence-electron chi connectivity index (χ4n) is 3.20. The van der Waals surface area contributed by atoms with Crippen molar-refractivity contribution < 1.29 is 4.74 Å². The molecule has 1 aliphatic heterocycles. The molecule has 0 radical (unpaired) electrons. The molecule has 0 spiro atoms. The predicted octanol–water partition coefficient (Wildman–Crippen LogP) is 2.27. The van der Waals surface area contributed by atoms with E-state index in [1.165, 1.54) is 38.8 Å². The minimum atomic E-state index is 0.237. The fourth-order valence-corrected chi connectivity index (χ4v) is 3.20. The van der Waals surface area contributed by atoms with Gasteiger partial charge in [0.05, 0.1) is 13.2 Å². The lowest BCUT2D eigenvalue weighted by Crippen LogP contribution is -2.49. The van der Waals surface area contributed by atoms with Crippen LogP contribution in [0.4, 0.5) is 0 Å². The van der Waals surface area contributed by atoms with Crippen LogP contribution in [0.1, 0.15) is 46.5 Å². The molecular formula is C15H30N2O. The van der Waals surface area contributed by atoms with Gasteiger partial charge in [-0.3, -0.25) is 4.90 Å². The van der Waals surface area contributed by atoms with Crippen LogP contribution in [-0.2, 0) is 4.74 Å². The van der Waals surface area contributed by atoms with Gasteiger partial charge in [-0.1, -0.05) is 12.8 Å². The van der Waals surface area contributed by atoms with E-state index < -0.39 is 0 Å². The highest BCUT2D eigenvalue weighted by atomic mass is 16.5. The first kappa shape index (κ1) is 14.3. The van der Waals surface area contributed by atoms with Gasteiger partial charge in [-0.05, 0) is 39.0 Å². The summed E-state index contributed by atoms with van der Waals surface area (Å²) in [6.07, 6.45) is 5.62. The molecule has 0 unspecified atom stereocenters. The van der Waals surface area contributed by atoms with E-state index in [9.17, 15) is 0 Å². The molecule has 0 atom stereocenters. The first-order valence-electron chi connectivity index (χ1n) is 7.54. The minimum absolute atomic E-state index is 0.237. The highest BCUT2D eigenvalue weighted by molar-refractivity contribution is 4.91. The highest BCUT2D eigenvalue weighted by Gasteiger charge is 2.36. The van der Waals surface area contributed by atoms with Gasteiger partial charge >= 0.3 is 0 Å².